The molecule has 0 aliphatic heterocycles. The number of ether oxygens (including phenoxy) is 1. The number of ketones is 2. The number of carbonyl (C=O) groups is 4. The number of benzene rings is 4. The van der Waals surface area contributed by atoms with Gasteiger partial charge in [0.1, 0.15) is 5.75 Å². The molecule has 11 heteroatoms. The number of Topliss-reactive ketones (excluding diaryl/α,β-unsaturated/α-hetero) is 2. The molecule has 44 heavy (non-hydrogen) atoms. The van der Waals surface area contributed by atoms with Crippen LogP contribution in [0.25, 0.3) is 11.1 Å². The Labute approximate surface area is 249 Å². The van der Waals surface area contributed by atoms with E-state index in [9.17, 15) is 37.5 Å². The van der Waals surface area contributed by atoms with Gasteiger partial charge in [-0.3, -0.25) is 14.4 Å². The first kappa shape index (κ1) is 31.6. The van der Waals surface area contributed by atoms with Crippen LogP contribution in [0.5, 0.6) is 5.75 Å². The predicted octanol–water partition coefficient (Wildman–Crippen LogP) is 5.67. The molecule has 0 aliphatic rings. The van der Waals surface area contributed by atoms with E-state index < -0.39 is 54.1 Å². The van der Waals surface area contributed by atoms with E-state index in [4.69, 9.17) is 5.11 Å². The summed E-state index contributed by atoms with van der Waals surface area (Å²) in [4.78, 5) is 50.1. The van der Waals surface area contributed by atoms with Crippen molar-refractivity contribution < 1.29 is 47.3 Å². The van der Waals surface area contributed by atoms with Gasteiger partial charge in [-0.15, -0.1) is 13.2 Å². The number of aliphatic hydroxyl groups is 1. The molecule has 0 saturated heterocycles. The van der Waals surface area contributed by atoms with Crippen molar-refractivity contribution in [1.82, 2.24) is 5.32 Å². The van der Waals surface area contributed by atoms with E-state index in [0.717, 1.165) is 23.3 Å². The normalized spacial score (nSPS) is 12.5. The summed E-state index contributed by atoms with van der Waals surface area (Å²) < 4.78 is 41.5. The van der Waals surface area contributed by atoms with E-state index in [1.165, 1.54) is 36.4 Å². The van der Waals surface area contributed by atoms with Crippen LogP contribution >= 0.6 is 0 Å². The summed E-state index contributed by atoms with van der Waals surface area (Å²) in [6, 6.07) is 26.5. The van der Waals surface area contributed by atoms with Crippen molar-refractivity contribution in [3.63, 3.8) is 0 Å². The fraction of sp³-hybridized carbons (Fsp3) is 0.152. The minimum Gasteiger partial charge on any atom is -0.479 e. The van der Waals surface area contributed by atoms with Gasteiger partial charge in [0, 0.05) is 23.1 Å². The van der Waals surface area contributed by atoms with Crippen LogP contribution in [0.15, 0.2) is 103 Å². The lowest BCUT2D eigenvalue weighted by atomic mass is 9.84. The highest BCUT2D eigenvalue weighted by atomic mass is 19.4. The first-order valence-electron chi connectivity index (χ1n) is 13.3. The summed E-state index contributed by atoms with van der Waals surface area (Å²) in [6.45, 7) is -0.513. The Morgan fingerprint density at radius 3 is 1.84 bits per heavy atom. The Bertz CT molecular complexity index is 1620. The Morgan fingerprint density at radius 2 is 1.27 bits per heavy atom. The minimum atomic E-state index is -4.88. The number of aliphatic hydroxyl groups excluding tert-OH is 1. The van der Waals surface area contributed by atoms with Gasteiger partial charge >= 0.3 is 12.3 Å². The van der Waals surface area contributed by atoms with E-state index in [1.807, 2.05) is 42.5 Å². The molecule has 4 aromatic rings. The average Bonchev–Trinajstić information content (AvgIpc) is 3.02. The first-order valence-corrected chi connectivity index (χ1v) is 13.3. The van der Waals surface area contributed by atoms with Crippen LogP contribution in [0.2, 0.25) is 0 Å². The van der Waals surface area contributed by atoms with E-state index in [2.05, 4.69) is 10.1 Å². The standard InChI is InChI=1S/C33H26F3NO7/c34-33(35,36)44-26-16-14-23(15-17-26)28(38)18-27(22-8-6-21(7-9-22)20-4-2-1-3-5-20)30(40)24-10-12-25(13-11-24)31(41)37-19-29(39)32(42)43/h1-17,27,29,39H,18-19H2,(H,37,41)(H,42,43). The van der Waals surface area contributed by atoms with Crippen LogP contribution in [0.3, 0.4) is 0 Å². The minimum absolute atomic E-state index is 0.0915. The van der Waals surface area contributed by atoms with Crippen LogP contribution in [0.4, 0.5) is 13.2 Å². The fourth-order valence-corrected chi connectivity index (χ4v) is 4.41. The van der Waals surface area contributed by atoms with Gasteiger partial charge in [0.05, 0.1) is 12.5 Å². The van der Waals surface area contributed by atoms with Gasteiger partial charge in [-0.1, -0.05) is 66.7 Å². The van der Waals surface area contributed by atoms with Gasteiger partial charge in [0.2, 0.25) is 0 Å². The molecule has 8 nitrogen and oxygen atoms in total. The van der Waals surface area contributed by atoms with Gasteiger partial charge < -0.3 is 20.3 Å². The second-order valence-corrected chi connectivity index (χ2v) is 9.75. The number of carboxylic acid groups (broad SMARTS) is 1. The highest BCUT2D eigenvalue weighted by Crippen LogP contribution is 2.30. The second kappa shape index (κ2) is 13.8. The summed E-state index contributed by atoms with van der Waals surface area (Å²) in [5, 5.41) is 20.4. The second-order valence-electron chi connectivity index (χ2n) is 9.75. The first-order chi connectivity index (χ1) is 20.9. The monoisotopic (exact) mass is 605 g/mol. The zero-order valence-electron chi connectivity index (χ0n) is 23.0. The molecule has 4 rings (SSSR count). The van der Waals surface area contributed by atoms with Crippen molar-refractivity contribution in [2.75, 3.05) is 6.54 Å². The van der Waals surface area contributed by atoms with Crippen molar-refractivity contribution >= 4 is 23.4 Å². The molecule has 3 N–H and O–H groups in total. The van der Waals surface area contributed by atoms with Gasteiger partial charge in [0.25, 0.3) is 5.91 Å². The molecule has 0 radical (unpaired) electrons. The molecule has 2 unspecified atom stereocenters. The van der Waals surface area contributed by atoms with Gasteiger partial charge in [-0.2, -0.15) is 0 Å². The molecule has 1 amide bonds. The molecule has 0 aromatic heterocycles. The number of hydrogen-bond donors (Lipinski definition) is 3. The van der Waals surface area contributed by atoms with Gasteiger partial charge in [-0.05, 0) is 53.1 Å². The van der Waals surface area contributed by atoms with Crippen molar-refractivity contribution in [3.05, 3.63) is 125 Å². The van der Waals surface area contributed by atoms with Crippen LogP contribution in [0.1, 0.15) is 49.0 Å². The molecule has 0 heterocycles. The maximum absolute atomic E-state index is 13.8. The number of nitrogens with one attached hydrogen (secondary N) is 1. The maximum atomic E-state index is 13.8. The van der Waals surface area contributed by atoms with Crippen molar-refractivity contribution in [2.24, 2.45) is 0 Å². The summed E-state index contributed by atoms with van der Waals surface area (Å²) in [6.07, 6.45) is -6.96. The SMILES string of the molecule is O=C(CC(C(=O)c1ccc(C(=O)NCC(O)C(=O)O)cc1)c1ccc(-c2ccccc2)cc1)c1ccc(OC(F)(F)F)cc1. The largest absolute Gasteiger partial charge is 0.573 e. The van der Waals surface area contributed by atoms with Crippen LogP contribution in [0, 0.1) is 0 Å². The number of alkyl halides is 3. The molecule has 0 bridgehead atoms. The Balaban J connectivity index is 1.58. The molecule has 0 fully saturated rings. The smallest absolute Gasteiger partial charge is 0.479 e. The number of carboxylic acids is 1. The molecule has 4 aromatic carbocycles. The summed E-state index contributed by atoms with van der Waals surface area (Å²) in [5.74, 6) is -4.53. The van der Waals surface area contributed by atoms with Crippen LogP contribution in [-0.2, 0) is 4.79 Å². The molecule has 0 saturated carbocycles. The van der Waals surface area contributed by atoms with Crippen molar-refractivity contribution in [2.45, 2.75) is 24.8 Å². The zero-order chi connectivity index (χ0) is 31.9. The highest BCUT2D eigenvalue weighted by molar-refractivity contribution is 6.06. The average molecular weight is 606 g/mol. The molecular formula is C33H26F3NO7. The van der Waals surface area contributed by atoms with E-state index >= 15 is 0 Å². The van der Waals surface area contributed by atoms with Crippen LogP contribution in [-0.4, -0.2) is 52.7 Å². The summed E-state index contributed by atoms with van der Waals surface area (Å²) >= 11 is 0. The number of hydrogen-bond acceptors (Lipinski definition) is 6. The summed E-state index contributed by atoms with van der Waals surface area (Å²) in [5.41, 5.74) is 2.75. The lowest BCUT2D eigenvalue weighted by molar-refractivity contribution is -0.274. The van der Waals surface area contributed by atoms with Crippen molar-refractivity contribution in [1.29, 1.82) is 0 Å². The lowest BCUT2D eigenvalue weighted by Crippen LogP contribution is -2.36. The molecule has 0 aliphatic carbocycles. The Morgan fingerprint density at radius 1 is 0.727 bits per heavy atom. The van der Waals surface area contributed by atoms with Crippen molar-refractivity contribution in [3.8, 4) is 16.9 Å². The fourth-order valence-electron chi connectivity index (χ4n) is 4.41. The van der Waals surface area contributed by atoms with E-state index in [0.29, 0.717) is 5.56 Å². The number of carbonyl (C=O) groups excluding carboxylic acids is 3. The zero-order valence-corrected chi connectivity index (χ0v) is 23.0. The number of amides is 1. The molecule has 0 spiro atoms. The number of halogens is 3. The van der Waals surface area contributed by atoms with Gasteiger partial charge in [0.15, 0.2) is 17.7 Å². The Hall–Kier alpha value is -5.29. The van der Waals surface area contributed by atoms with E-state index in [1.54, 1.807) is 12.1 Å². The third-order valence-electron chi connectivity index (χ3n) is 6.71. The molecular weight excluding hydrogens is 579 g/mol. The van der Waals surface area contributed by atoms with E-state index in [-0.39, 0.29) is 23.1 Å². The summed E-state index contributed by atoms with van der Waals surface area (Å²) in [7, 11) is 0. The number of rotatable bonds is 12. The topological polar surface area (TPSA) is 130 Å². The quantitative estimate of drug-likeness (QED) is 0.178. The predicted molar refractivity (Wildman–Crippen MR) is 153 cm³/mol. The lowest BCUT2D eigenvalue weighted by Gasteiger charge is -2.17. The van der Waals surface area contributed by atoms with Gasteiger partial charge in [-0.25, -0.2) is 4.79 Å². The third-order valence-corrected chi connectivity index (χ3v) is 6.71. The van der Waals surface area contributed by atoms with Crippen LogP contribution < -0.4 is 10.1 Å². The Kier molecular flexibility index (Phi) is 9.92. The highest BCUT2D eigenvalue weighted by Gasteiger charge is 2.31. The molecule has 226 valence electrons. The number of aliphatic carboxylic acids is 1. The molecule has 2 atom stereocenters. The third kappa shape index (κ3) is 8.39. The maximum Gasteiger partial charge on any atom is 0.573 e.